The summed E-state index contributed by atoms with van der Waals surface area (Å²) in [6, 6.07) is 0.0334. The van der Waals surface area contributed by atoms with Crippen LogP contribution in [0.15, 0.2) is 0 Å². The van der Waals surface area contributed by atoms with Crippen molar-refractivity contribution in [2.45, 2.75) is 31.3 Å². The number of primary amides is 1. The molecule has 0 spiro atoms. The minimum absolute atomic E-state index is 0.421. The molecule has 1 fully saturated rings. The highest BCUT2D eigenvalue weighted by atomic mass is 16.5. The van der Waals surface area contributed by atoms with Gasteiger partial charge in [0.25, 0.3) is 0 Å². The Morgan fingerprint density at radius 1 is 1.53 bits per heavy atom. The summed E-state index contributed by atoms with van der Waals surface area (Å²) >= 11 is 0. The van der Waals surface area contributed by atoms with Gasteiger partial charge in [0.2, 0.25) is 5.91 Å². The Kier molecular flexibility index (Phi) is 5.01. The van der Waals surface area contributed by atoms with E-state index in [-0.39, 0.29) is 0 Å². The van der Waals surface area contributed by atoms with Crippen molar-refractivity contribution in [1.82, 2.24) is 4.90 Å². The van der Waals surface area contributed by atoms with E-state index in [4.69, 9.17) is 16.2 Å². The molecule has 5 nitrogen and oxygen atoms in total. The van der Waals surface area contributed by atoms with E-state index in [0.29, 0.717) is 12.5 Å². The molecule has 5 heteroatoms. The zero-order valence-corrected chi connectivity index (χ0v) is 9.32. The first-order valence-corrected chi connectivity index (χ1v) is 5.44. The number of nitrogens with zero attached hydrogens (tertiary/aromatic N) is 1. The van der Waals surface area contributed by atoms with Crippen LogP contribution in [0.3, 0.4) is 0 Å². The van der Waals surface area contributed by atoms with Gasteiger partial charge >= 0.3 is 0 Å². The molecule has 1 heterocycles. The highest BCUT2D eigenvalue weighted by Gasteiger charge is 2.19. The number of amides is 1. The van der Waals surface area contributed by atoms with Gasteiger partial charge in [0.15, 0.2) is 0 Å². The number of hydrogen-bond acceptors (Lipinski definition) is 4. The molecule has 1 atom stereocenters. The van der Waals surface area contributed by atoms with Gasteiger partial charge in [-0.1, -0.05) is 0 Å². The Labute approximate surface area is 90.7 Å². The van der Waals surface area contributed by atoms with Crippen molar-refractivity contribution in [1.29, 1.82) is 0 Å². The third-order valence-corrected chi connectivity index (χ3v) is 2.97. The first kappa shape index (κ1) is 12.4. The maximum atomic E-state index is 10.7. The molecule has 0 aromatic rings. The van der Waals surface area contributed by atoms with Crippen LogP contribution in [-0.4, -0.2) is 49.7 Å². The largest absolute Gasteiger partial charge is 0.381 e. The lowest BCUT2D eigenvalue weighted by molar-refractivity contribution is -0.119. The number of carbonyl (C=O) groups excluding carboxylic acids is 1. The summed E-state index contributed by atoms with van der Waals surface area (Å²) in [5.74, 6) is -0.421. The molecule has 0 aromatic carbocycles. The van der Waals surface area contributed by atoms with Gasteiger partial charge in [0.1, 0.15) is 0 Å². The van der Waals surface area contributed by atoms with Crippen LogP contribution in [0, 0.1) is 0 Å². The van der Waals surface area contributed by atoms with Crippen molar-refractivity contribution in [2.75, 3.05) is 26.8 Å². The Morgan fingerprint density at radius 3 is 2.67 bits per heavy atom. The maximum Gasteiger partial charge on any atom is 0.234 e. The molecule has 88 valence electrons. The summed E-state index contributed by atoms with van der Waals surface area (Å²) < 4.78 is 5.29. The topological polar surface area (TPSA) is 81.6 Å². The number of ether oxygens (including phenoxy) is 1. The van der Waals surface area contributed by atoms with E-state index < -0.39 is 11.9 Å². The molecular formula is C10H21N3O2. The van der Waals surface area contributed by atoms with Gasteiger partial charge in [-0.05, 0) is 26.3 Å². The van der Waals surface area contributed by atoms with E-state index in [1.54, 1.807) is 0 Å². The summed E-state index contributed by atoms with van der Waals surface area (Å²) in [4.78, 5) is 13.0. The summed E-state index contributed by atoms with van der Waals surface area (Å²) in [7, 11) is 2.06. The van der Waals surface area contributed by atoms with Crippen molar-refractivity contribution < 1.29 is 9.53 Å². The number of rotatable bonds is 5. The zero-order chi connectivity index (χ0) is 11.3. The van der Waals surface area contributed by atoms with Crippen LogP contribution in [0.4, 0.5) is 0 Å². The number of nitrogens with two attached hydrogens (primary N) is 2. The second-order valence-corrected chi connectivity index (χ2v) is 4.12. The third kappa shape index (κ3) is 4.15. The Bertz CT molecular complexity index is 205. The van der Waals surface area contributed by atoms with Crippen molar-refractivity contribution in [3.05, 3.63) is 0 Å². The van der Waals surface area contributed by atoms with Gasteiger partial charge < -0.3 is 21.1 Å². The molecule has 1 rings (SSSR count). The quantitative estimate of drug-likeness (QED) is 0.635. The molecule has 0 bridgehead atoms. The van der Waals surface area contributed by atoms with Crippen LogP contribution in [0.25, 0.3) is 0 Å². The highest BCUT2D eigenvalue weighted by Crippen LogP contribution is 2.12. The van der Waals surface area contributed by atoms with Crippen molar-refractivity contribution in [3.63, 3.8) is 0 Å². The monoisotopic (exact) mass is 215 g/mol. The molecule has 0 radical (unpaired) electrons. The normalized spacial score (nSPS) is 20.5. The number of carbonyl (C=O) groups is 1. The van der Waals surface area contributed by atoms with Crippen LogP contribution in [0.1, 0.15) is 19.3 Å². The first-order valence-electron chi connectivity index (χ1n) is 5.44. The maximum absolute atomic E-state index is 10.7. The fourth-order valence-corrected chi connectivity index (χ4v) is 1.79. The summed E-state index contributed by atoms with van der Waals surface area (Å²) in [6.07, 6.45) is 2.74. The van der Waals surface area contributed by atoms with Gasteiger partial charge in [-0.25, -0.2) is 0 Å². The molecule has 0 saturated carbocycles. The van der Waals surface area contributed by atoms with Crippen LogP contribution in [0.5, 0.6) is 0 Å². The van der Waals surface area contributed by atoms with E-state index in [1.807, 2.05) is 0 Å². The predicted octanol–water partition coefficient (Wildman–Crippen LogP) is -0.700. The minimum atomic E-state index is -0.521. The molecule has 0 aromatic heterocycles. The van der Waals surface area contributed by atoms with Crippen molar-refractivity contribution in [2.24, 2.45) is 11.5 Å². The Hall–Kier alpha value is -0.650. The lowest BCUT2D eigenvalue weighted by atomic mass is 10.1. The Balaban J connectivity index is 2.22. The van der Waals surface area contributed by atoms with E-state index in [0.717, 1.165) is 32.6 Å². The van der Waals surface area contributed by atoms with Gasteiger partial charge in [-0.15, -0.1) is 0 Å². The summed E-state index contributed by atoms with van der Waals surface area (Å²) in [6.45, 7) is 2.47. The van der Waals surface area contributed by atoms with Gasteiger partial charge in [-0.3, -0.25) is 4.79 Å². The van der Waals surface area contributed by atoms with E-state index in [1.165, 1.54) is 0 Å². The van der Waals surface area contributed by atoms with Gasteiger partial charge in [0, 0.05) is 25.8 Å². The average molecular weight is 215 g/mol. The summed E-state index contributed by atoms with van der Waals surface area (Å²) in [5.41, 5.74) is 10.7. The molecule has 1 aliphatic heterocycles. The second kappa shape index (κ2) is 6.05. The fraction of sp³-hybridized carbons (Fsp3) is 0.900. The standard InChI is InChI=1S/C10H21N3O2/c1-13(5-2-9(11)10(12)14)8-3-6-15-7-4-8/h8-9H,2-7,11H2,1H3,(H2,12,14). The first-order chi connectivity index (χ1) is 7.11. The lowest BCUT2D eigenvalue weighted by Crippen LogP contribution is -2.42. The van der Waals surface area contributed by atoms with Crippen molar-refractivity contribution >= 4 is 5.91 Å². The molecule has 1 amide bonds. The second-order valence-electron chi connectivity index (χ2n) is 4.12. The molecule has 1 unspecified atom stereocenters. The molecule has 4 N–H and O–H groups in total. The van der Waals surface area contributed by atoms with Gasteiger partial charge in [0.05, 0.1) is 6.04 Å². The SMILES string of the molecule is CN(CCC(N)C(N)=O)C1CCOCC1. The predicted molar refractivity (Wildman–Crippen MR) is 58.3 cm³/mol. The Morgan fingerprint density at radius 2 is 2.13 bits per heavy atom. The minimum Gasteiger partial charge on any atom is -0.381 e. The third-order valence-electron chi connectivity index (χ3n) is 2.97. The highest BCUT2D eigenvalue weighted by molar-refractivity contribution is 5.79. The van der Waals surface area contributed by atoms with E-state index in [9.17, 15) is 4.79 Å². The van der Waals surface area contributed by atoms with Crippen LogP contribution in [0.2, 0.25) is 0 Å². The molecule has 1 aliphatic rings. The lowest BCUT2D eigenvalue weighted by Gasteiger charge is -2.31. The number of hydrogen-bond donors (Lipinski definition) is 2. The van der Waals surface area contributed by atoms with Crippen LogP contribution in [-0.2, 0) is 9.53 Å². The smallest absolute Gasteiger partial charge is 0.234 e. The molecule has 1 saturated heterocycles. The van der Waals surface area contributed by atoms with Crippen LogP contribution >= 0.6 is 0 Å². The summed E-state index contributed by atoms with van der Waals surface area (Å²) in [5, 5.41) is 0. The van der Waals surface area contributed by atoms with E-state index in [2.05, 4.69) is 11.9 Å². The average Bonchev–Trinajstić information content (AvgIpc) is 2.26. The molecule has 0 aliphatic carbocycles. The van der Waals surface area contributed by atoms with E-state index >= 15 is 0 Å². The zero-order valence-electron chi connectivity index (χ0n) is 9.32. The fourth-order valence-electron chi connectivity index (χ4n) is 1.79. The molecular weight excluding hydrogens is 194 g/mol. The van der Waals surface area contributed by atoms with Crippen LogP contribution < -0.4 is 11.5 Å². The molecule has 15 heavy (non-hydrogen) atoms. The van der Waals surface area contributed by atoms with Gasteiger partial charge in [-0.2, -0.15) is 0 Å². The van der Waals surface area contributed by atoms with Crippen molar-refractivity contribution in [3.8, 4) is 0 Å².